The van der Waals surface area contributed by atoms with E-state index in [2.05, 4.69) is 14.8 Å². The normalized spacial score (nSPS) is 24.5. The van der Waals surface area contributed by atoms with E-state index < -0.39 is 23.8 Å². The highest BCUT2D eigenvalue weighted by Crippen LogP contribution is 2.49. The highest BCUT2D eigenvalue weighted by molar-refractivity contribution is 5.90. The number of benzene rings is 3. The number of carboxylic acid groups (broad SMARTS) is 1. The predicted molar refractivity (Wildman–Crippen MR) is 127 cm³/mol. The molecule has 3 aromatic carbocycles. The number of para-hydroxylation sites is 1. The van der Waals surface area contributed by atoms with Crippen molar-refractivity contribution in [2.45, 2.75) is 50.0 Å². The van der Waals surface area contributed by atoms with Gasteiger partial charge < -0.3 is 24.6 Å². The fourth-order valence-electron chi connectivity index (χ4n) is 5.43. The maximum Gasteiger partial charge on any atom is 0.586 e. The summed E-state index contributed by atoms with van der Waals surface area (Å²) in [6.07, 6.45) is -2.63. The van der Waals surface area contributed by atoms with Crippen LogP contribution in [0.1, 0.15) is 64.5 Å². The van der Waals surface area contributed by atoms with Gasteiger partial charge in [0.2, 0.25) is 5.91 Å². The summed E-state index contributed by atoms with van der Waals surface area (Å²) in [7, 11) is 0. The van der Waals surface area contributed by atoms with Gasteiger partial charge in [0, 0.05) is 12.0 Å². The lowest BCUT2D eigenvalue weighted by Gasteiger charge is -2.35. The van der Waals surface area contributed by atoms with Crippen LogP contribution in [0.2, 0.25) is 0 Å². The molecule has 2 N–H and O–H groups in total. The molecule has 0 aromatic heterocycles. The molecule has 1 amide bonds. The zero-order valence-corrected chi connectivity index (χ0v) is 19.8. The molecule has 2 heterocycles. The molecule has 1 aliphatic carbocycles. The molecule has 3 atom stereocenters. The first-order valence-corrected chi connectivity index (χ1v) is 12.0. The molecular weight excluding hydrogens is 484 g/mol. The van der Waals surface area contributed by atoms with E-state index in [9.17, 15) is 23.5 Å². The Morgan fingerprint density at radius 2 is 1.70 bits per heavy atom. The zero-order valence-electron chi connectivity index (χ0n) is 19.8. The number of hydrogen-bond donors (Lipinski definition) is 2. The van der Waals surface area contributed by atoms with Gasteiger partial charge in [0.1, 0.15) is 11.9 Å². The third kappa shape index (κ3) is 3.94. The lowest BCUT2D eigenvalue weighted by Crippen LogP contribution is -2.44. The van der Waals surface area contributed by atoms with Crippen molar-refractivity contribution in [3.63, 3.8) is 0 Å². The van der Waals surface area contributed by atoms with Crippen LogP contribution >= 0.6 is 0 Å². The van der Waals surface area contributed by atoms with Crippen LogP contribution in [0.5, 0.6) is 17.2 Å². The van der Waals surface area contributed by atoms with Crippen molar-refractivity contribution in [2.24, 2.45) is 0 Å². The fourth-order valence-corrected chi connectivity index (χ4v) is 5.43. The van der Waals surface area contributed by atoms with Crippen LogP contribution in [-0.2, 0) is 16.6 Å². The van der Waals surface area contributed by atoms with Gasteiger partial charge in [0.25, 0.3) is 0 Å². The Kier molecular flexibility index (Phi) is 5.15. The van der Waals surface area contributed by atoms with Crippen LogP contribution in [0.3, 0.4) is 0 Å². The molecule has 0 bridgehead atoms. The Bertz CT molecular complexity index is 1420. The van der Waals surface area contributed by atoms with E-state index in [1.807, 2.05) is 31.2 Å². The third-order valence-corrected chi connectivity index (χ3v) is 7.47. The molecule has 0 unspecified atom stereocenters. The van der Waals surface area contributed by atoms with Gasteiger partial charge in [-0.15, -0.1) is 8.78 Å². The van der Waals surface area contributed by atoms with E-state index in [0.717, 1.165) is 16.7 Å². The SMILES string of the molecule is C[C@]1(C(=O)N[C@@H]2C[C@H](c3ccc(C(=O)O)cc3)Oc3ccccc32)CCc2cc3c(cc21)OC(F)(F)O3. The van der Waals surface area contributed by atoms with E-state index in [4.69, 9.17) is 4.74 Å². The first-order chi connectivity index (χ1) is 17.6. The molecule has 2 aliphatic heterocycles. The summed E-state index contributed by atoms with van der Waals surface area (Å²) >= 11 is 0. The molecule has 6 rings (SSSR count). The quantitative estimate of drug-likeness (QED) is 0.498. The topological polar surface area (TPSA) is 94.1 Å². The lowest BCUT2D eigenvalue weighted by atomic mass is 9.82. The van der Waals surface area contributed by atoms with E-state index in [1.54, 1.807) is 12.1 Å². The highest BCUT2D eigenvalue weighted by atomic mass is 19.3. The fraction of sp³-hybridized carbons (Fsp3) is 0.286. The van der Waals surface area contributed by atoms with Crippen molar-refractivity contribution < 1.29 is 37.7 Å². The summed E-state index contributed by atoms with van der Waals surface area (Å²) in [4.78, 5) is 25.0. The number of carbonyl (C=O) groups excluding carboxylic acids is 1. The maximum atomic E-state index is 13.8. The van der Waals surface area contributed by atoms with Crippen LogP contribution in [0.25, 0.3) is 0 Å². The molecule has 0 spiro atoms. The Morgan fingerprint density at radius 3 is 2.43 bits per heavy atom. The number of halogens is 2. The third-order valence-electron chi connectivity index (χ3n) is 7.47. The number of amides is 1. The summed E-state index contributed by atoms with van der Waals surface area (Å²) < 4.78 is 42.6. The minimum atomic E-state index is -3.72. The first-order valence-electron chi connectivity index (χ1n) is 12.0. The number of carbonyl (C=O) groups is 2. The number of ether oxygens (including phenoxy) is 3. The molecule has 7 nitrogen and oxygen atoms in total. The number of fused-ring (bicyclic) bond motifs is 3. The average molecular weight is 507 g/mol. The van der Waals surface area contributed by atoms with Gasteiger partial charge in [-0.3, -0.25) is 4.79 Å². The number of rotatable bonds is 4. The number of alkyl halides is 2. The minimum Gasteiger partial charge on any atom is -0.485 e. The van der Waals surface area contributed by atoms with E-state index in [-0.39, 0.29) is 29.0 Å². The minimum absolute atomic E-state index is 0.0245. The van der Waals surface area contributed by atoms with E-state index in [1.165, 1.54) is 24.3 Å². The van der Waals surface area contributed by atoms with Crippen molar-refractivity contribution in [2.75, 3.05) is 0 Å². The summed E-state index contributed by atoms with van der Waals surface area (Å²) in [6.45, 7) is 1.81. The molecule has 0 fully saturated rings. The number of aromatic carboxylic acids is 1. The number of carboxylic acids is 1. The van der Waals surface area contributed by atoms with Crippen LogP contribution in [0, 0.1) is 0 Å². The van der Waals surface area contributed by atoms with Gasteiger partial charge in [-0.05, 0) is 66.8 Å². The molecular formula is C28H23F2NO6. The van der Waals surface area contributed by atoms with Crippen molar-refractivity contribution >= 4 is 11.9 Å². The molecule has 190 valence electrons. The van der Waals surface area contributed by atoms with E-state index >= 15 is 0 Å². The number of nitrogens with one attached hydrogen (secondary N) is 1. The second-order valence-electron chi connectivity index (χ2n) is 9.79. The van der Waals surface area contributed by atoms with Crippen molar-refractivity contribution in [1.82, 2.24) is 5.32 Å². The predicted octanol–water partition coefficient (Wildman–Crippen LogP) is 5.29. The van der Waals surface area contributed by atoms with Crippen molar-refractivity contribution in [3.8, 4) is 17.2 Å². The monoisotopic (exact) mass is 507 g/mol. The van der Waals surface area contributed by atoms with Crippen LogP contribution in [0.4, 0.5) is 8.78 Å². The second kappa shape index (κ2) is 8.19. The Labute approximate surface area is 211 Å². The average Bonchev–Trinajstić information content (AvgIpc) is 3.37. The molecule has 0 saturated carbocycles. The maximum absolute atomic E-state index is 13.8. The zero-order chi connectivity index (χ0) is 25.9. The van der Waals surface area contributed by atoms with E-state index in [0.29, 0.717) is 30.6 Å². The Balaban J connectivity index is 1.28. The Morgan fingerprint density at radius 1 is 1.00 bits per heavy atom. The van der Waals surface area contributed by atoms with Crippen LogP contribution in [-0.4, -0.2) is 23.3 Å². The standard InChI is InChI=1S/C28H23F2NO6/c1-27(11-10-17-12-23-24(13-19(17)27)37-28(29,30)36-23)26(34)31-20-14-22(35-21-5-3-2-4-18(20)21)15-6-8-16(9-7-15)25(32)33/h2-9,12-13,20,22H,10-11,14H2,1H3,(H,31,34)(H,32,33)/t20-,22-,27+/m1/s1. The molecule has 3 aromatic rings. The number of aryl methyl sites for hydroxylation is 1. The summed E-state index contributed by atoms with van der Waals surface area (Å²) in [5.74, 6) is -0.704. The number of hydrogen-bond acceptors (Lipinski definition) is 5. The molecule has 0 radical (unpaired) electrons. The van der Waals surface area contributed by atoms with Gasteiger partial charge in [-0.25, -0.2) is 4.79 Å². The largest absolute Gasteiger partial charge is 0.586 e. The summed E-state index contributed by atoms with van der Waals surface area (Å²) in [6, 6.07) is 16.6. The molecule has 3 aliphatic rings. The van der Waals surface area contributed by atoms with Gasteiger partial charge in [0.15, 0.2) is 11.5 Å². The first kappa shape index (κ1) is 23.3. The van der Waals surface area contributed by atoms with Gasteiger partial charge in [-0.1, -0.05) is 30.3 Å². The van der Waals surface area contributed by atoms with Crippen LogP contribution in [0.15, 0.2) is 60.7 Å². The van der Waals surface area contributed by atoms with Gasteiger partial charge in [-0.2, -0.15) is 0 Å². The lowest BCUT2D eigenvalue weighted by molar-refractivity contribution is -0.286. The van der Waals surface area contributed by atoms with Crippen molar-refractivity contribution in [3.05, 3.63) is 88.5 Å². The van der Waals surface area contributed by atoms with Gasteiger partial charge in [0.05, 0.1) is 17.0 Å². The summed E-state index contributed by atoms with van der Waals surface area (Å²) in [5, 5.41) is 12.4. The summed E-state index contributed by atoms with van der Waals surface area (Å²) in [5.41, 5.74) is 2.28. The molecule has 37 heavy (non-hydrogen) atoms. The second-order valence-corrected chi connectivity index (χ2v) is 9.79. The molecule has 0 saturated heterocycles. The van der Waals surface area contributed by atoms with Gasteiger partial charge >= 0.3 is 12.3 Å². The smallest absolute Gasteiger partial charge is 0.485 e. The van der Waals surface area contributed by atoms with Crippen molar-refractivity contribution in [1.29, 1.82) is 0 Å². The Hall–Kier alpha value is -4.14. The highest BCUT2D eigenvalue weighted by Gasteiger charge is 2.48. The van der Waals surface area contributed by atoms with Crippen LogP contribution < -0.4 is 19.5 Å². The molecule has 9 heteroatoms.